The summed E-state index contributed by atoms with van der Waals surface area (Å²) in [5.74, 6) is 1.62. The van der Waals surface area contributed by atoms with Crippen LogP contribution in [0.3, 0.4) is 0 Å². The topological polar surface area (TPSA) is 40.5 Å². The second-order valence-electron chi connectivity index (χ2n) is 4.99. The molecule has 4 heteroatoms. The first-order chi connectivity index (χ1) is 9.18. The Labute approximate surface area is 119 Å². The van der Waals surface area contributed by atoms with Crippen LogP contribution >= 0.6 is 11.8 Å². The van der Waals surface area contributed by atoms with Crippen molar-refractivity contribution in [2.24, 2.45) is 0 Å². The summed E-state index contributed by atoms with van der Waals surface area (Å²) in [6, 6.07) is 8.74. The van der Waals surface area contributed by atoms with Gasteiger partial charge in [0, 0.05) is 24.0 Å². The van der Waals surface area contributed by atoms with Crippen molar-refractivity contribution in [3.63, 3.8) is 0 Å². The van der Waals surface area contributed by atoms with Gasteiger partial charge in [0.25, 0.3) is 0 Å². The molecule has 0 bridgehead atoms. The summed E-state index contributed by atoms with van der Waals surface area (Å²) in [6.07, 6.45) is 2.60. The molecule has 1 atom stereocenters. The van der Waals surface area contributed by atoms with Crippen molar-refractivity contribution in [3.05, 3.63) is 29.8 Å². The van der Waals surface area contributed by atoms with Gasteiger partial charge in [0.15, 0.2) is 0 Å². The van der Waals surface area contributed by atoms with E-state index in [1.54, 1.807) is 0 Å². The van der Waals surface area contributed by atoms with E-state index in [1.807, 2.05) is 23.9 Å². The Morgan fingerprint density at radius 1 is 1.47 bits per heavy atom. The van der Waals surface area contributed by atoms with Crippen LogP contribution in [-0.4, -0.2) is 35.2 Å². The maximum absolute atomic E-state index is 10.9. The number of carboxylic acids is 1. The molecular weight excluding hydrogens is 258 g/mol. The third-order valence-corrected chi connectivity index (χ3v) is 4.77. The van der Waals surface area contributed by atoms with E-state index in [0.29, 0.717) is 12.6 Å². The number of anilines is 1. The lowest BCUT2D eigenvalue weighted by atomic mass is 10.1. The molecular formula is C15H21NO2S. The zero-order valence-corrected chi connectivity index (χ0v) is 12.2. The molecule has 19 heavy (non-hydrogen) atoms. The smallest absolute Gasteiger partial charge is 0.305 e. The normalized spacial score (nSPS) is 19.1. The summed E-state index contributed by atoms with van der Waals surface area (Å²) in [6.45, 7) is 2.70. The highest BCUT2D eigenvalue weighted by atomic mass is 32.2. The number of carbonyl (C=O) groups is 1. The molecule has 1 fully saturated rings. The number of nitrogens with zero attached hydrogens (tertiary/aromatic N) is 1. The second-order valence-corrected chi connectivity index (χ2v) is 6.14. The average molecular weight is 279 g/mol. The second kappa shape index (κ2) is 6.85. The van der Waals surface area contributed by atoms with Crippen LogP contribution in [0, 0.1) is 6.92 Å². The van der Waals surface area contributed by atoms with Gasteiger partial charge in [-0.05, 0) is 37.1 Å². The number of benzene rings is 1. The Hall–Kier alpha value is -1.16. The lowest BCUT2D eigenvalue weighted by molar-refractivity contribution is -0.136. The minimum Gasteiger partial charge on any atom is -0.481 e. The number of para-hydroxylation sites is 1. The minimum absolute atomic E-state index is 0.204. The molecule has 1 aliphatic rings. The molecule has 1 aromatic carbocycles. The first-order valence-corrected chi connectivity index (χ1v) is 7.96. The van der Waals surface area contributed by atoms with E-state index in [1.165, 1.54) is 29.8 Å². The monoisotopic (exact) mass is 279 g/mol. The number of aliphatic carboxylic acids is 1. The van der Waals surface area contributed by atoms with Crippen molar-refractivity contribution in [3.8, 4) is 0 Å². The van der Waals surface area contributed by atoms with Crippen LogP contribution in [0.2, 0.25) is 0 Å². The van der Waals surface area contributed by atoms with Gasteiger partial charge in [0.05, 0.1) is 6.42 Å². The predicted octanol–water partition coefficient (Wildman–Crippen LogP) is 3.17. The highest BCUT2D eigenvalue weighted by Gasteiger charge is 2.23. The average Bonchev–Trinajstić information content (AvgIpc) is 2.42. The third kappa shape index (κ3) is 3.90. The van der Waals surface area contributed by atoms with Crippen molar-refractivity contribution in [1.82, 2.24) is 0 Å². The van der Waals surface area contributed by atoms with Crippen LogP contribution in [0.25, 0.3) is 0 Å². The number of thioether (sulfide) groups is 1. The number of rotatable bonds is 5. The lowest BCUT2D eigenvalue weighted by Gasteiger charge is -2.36. The maximum Gasteiger partial charge on any atom is 0.305 e. The molecule has 0 radical (unpaired) electrons. The molecule has 1 aromatic rings. The van der Waals surface area contributed by atoms with Crippen LogP contribution in [0.15, 0.2) is 24.3 Å². The molecule has 0 aromatic heterocycles. The van der Waals surface area contributed by atoms with E-state index < -0.39 is 5.97 Å². The molecule has 2 rings (SSSR count). The Balaban J connectivity index is 2.17. The molecule has 1 unspecified atom stereocenters. The van der Waals surface area contributed by atoms with Crippen molar-refractivity contribution in [2.75, 3.05) is 23.0 Å². The van der Waals surface area contributed by atoms with E-state index in [2.05, 4.69) is 24.0 Å². The zero-order valence-electron chi connectivity index (χ0n) is 11.3. The molecule has 0 amide bonds. The van der Waals surface area contributed by atoms with Gasteiger partial charge in [0.1, 0.15) is 0 Å². The van der Waals surface area contributed by atoms with Gasteiger partial charge in [-0.3, -0.25) is 4.79 Å². The fraction of sp³-hybridized carbons (Fsp3) is 0.533. The standard InChI is InChI=1S/C15H21NO2S/c1-12-5-2-3-7-14(12)16(9-8-15(17)18)13-6-4-10-19-11-13/h2-3,5,7,13H,4,6,8-11H2,1H3,(H,17,18). The summed E-state index contributed by atoms with van der Waals surface area (Å²) in [4.78, 5) is 13.2. The van der Waals surface area contributed by atoms with Crippen LogP contribution < -0.4 is 4.90 Å². The maximum atomic E-state index is 10.9. The fourth-order valence-corrected chi connectivity index (χ4v) is 3.73. The minimum atomic E-state index is -0.720. The Kier molecular flexibility index (Phi) is 5.14. The number of hydrogen-bond acceptors (Lipinski definition) is 3. The Morgan fingerprint density at radius 2 is 2.26 bits per heavy atom. The van der Waals surface area contributed by atoms with Crippen LogP contribution in [0.1, 0.15) is 24.8 Å². The highest BCUT2D eigenvalue weighted by molar-refractivity contribution is 7.99. The summed E-state index contributed by atoms with van der Waals surface area (Å²) in [5, 5.41) is 8.95. The number of hydrogen-bond donors (Lipinski definition) is 1. The van der Waals surface area contributed by atoms with E-state index in [0.717, 1.165) is 5.75 Å². The zero-order chi connectivity index (χ0) is 13.7. The third-order valence-electron chi connectivity index (χ3n) is 3.57. The van der Waals surface area contributed by atoms with E-state index >= 15 is 0 Å². The van der Waals surface area contributed by atoms with Gasteiger partial charge in [-0.1, -0.05) is 18.2 Å². The number of aryl methyl sites for hydroxylation is 1. The van der Waals surface area contributed by atoms with Gasteiger partial charge < -0.3 is 10.0 Å². The van der Waals surface area contributed by atoms with Gasteiger partial charge in [0.2, 0.25) is 0 Å². The summed E-state index contributed by atoms with van der Waals surface area (Å²) in [7, 11) is 0. The van der Waals surface area contributed by atoms with Crippen molar-refractivity contribution < 1.29 is 9.90 Å². The van der Waals surface area contributed by atoms with E-state index in [4.69, 9.17) is 5.11 Å². The molecule has 0 saturated carbocycles. The quantitative estimate of drug-likeness (QED) is 0.898. The lowest BCUT2D eigenvalue weighted by Crippen LogP contribution is -2.40. The first-order valence-electron chi connectivity index (χ1n) is 6.80. The van der Waals surface area contributed by atoms with Crippen molar-refractivity contribution in [1.29, 1.82) is 0 Å². The molecule has 0 aliphatic carbocycles. The highest BCUT2D eigenvalue weighted by Crippen LogP contribution is 2.28. The summed E-state index contributed by atoms with van der Waals surface area (Å²) in [5.41, 5.74) is 2.42. The van der Waals surface area contributed by atoms with E-state index in [9.17, 15) is 4.79 Å². The SMILES string of the molecule is Cc1ccccc1N(CCC(=O)O)C1CCCSC1. The van der Waals surface area contributed by atoms with Gasteiger partial charge in [-0.15, -0.1) is 0 Å². The van der Waals surface area contributed by atoms with Gasteiger partial charge in [-0.25, -0.2) is 0 Å². The van der Waals surface area contributed by atoms with Gasteiger partial charge >= 0.3 is 5.97 Å². The van der Waals surface area contributed by atoms with Crippen molar-refractivity contribution >= 4 is 23.4 Å². The molecule has 3 nitrogen and oxygen atoms in total. The largest absolute Gasteiger partial charge is 0.481 e. The molecule has 1 N–H and O–H groups in total. The molecule has 1 aliphatic heterocycles. The summed E-state index contributed by atoms with van der Waals surface area (Å²) < 4.78 is 0. The first kappa shape index (κ1) is 14.3. The van der Waals surface area contributed by atoms with Crippen LogP contribution in [0.4, 0.5) is 5.69 Å². The molecule has 104 valence electrons. The van der Waals surface area contributed by atoms with Crippen molar-refractivity contribution in [2.45, 2.75) is 32.2 Å². The van der Waals surface area contributed by atoms with Gasteiger partial charge in [-0.2, -0.15) is 11.8 Å². The fourth-order valence-electron chi connectivity index (χ4n) is 2.57. The molecule has 1 saturated heterocycles. The van der Waals surface area contributed by atoms with Crippen LogP contribution in [0.5, 0.6) is 0 Å². The molecule has 0 spiro atoms. The molecule has 1 heterocycles. The predicted molar refractivity (Wildman–Crippen MR) is 81.1 cm³/mol. The Bertz CT molecular complexity index is 430. The Morgan fingerprint density at radius 3 is 2.89 bits per heavy atom. The number of carboxylic acid groups (broad SMARTS) is 1. The summed E-state index contributed by atoms with van der Waals surface area (Å²) >= 11 is 1.98. The van der Waals surface area contributed by atoms with Crippen LogP contribution in [-0.2, 0) is 4.79 Å². The van der Waals surface area contributed by atoms with E-state index in [-0.39, 0.29) is 6.42 Å².